The first-order valence-electron chi connectivity index (χ1n) is 7.12. The summed E-state index contributed by atoms with van der Waals surface area (Å²) in [6.07, 6.45) is 0.878. The molecule has 23 heavy (non-hydrogen) atoms. The third-order valence-electron chi connectivity index (χ3n) is 2.70. The van der Waals surface area contributed by atoms with Gasteiger partial charge in [0.15, 0.2) is 0 Å². The highest BCUT2D eigenvalue weighted by Crippen LogP contribution is 2.18. The van der Waals surface area contributed by atoms with Crippen molar-refractivity contribution in [3.05, 3.63) is 0 Å². The largest absolute Gasteiger partial charge is 0.481 e. The Labute approximate surface area is 148 Å². The van der Waals surface area contributed by atoms with Crippen LogP contribution in [0.25, 0.3) is 0 Å². The minimum Gasteiger partial charge on any atom is -0.481 e. The van der Waals surface area contributed by atoms with Crippen LogP contribution in [0.5, 0.6) is 0 Å². The highest BCUT2D eigenvalue weighted by Gasteiger charge is 2.24. The summed E-state index contributed by atoms with van der Waals surface area (Å²) >= 11 is 7.71. The Morgan fingerprint density at radius 2 is 1.13 bits per heavy atom. The summed E-state index contributed by atoms with van der Waals surface area (Å²) < 4.78 is 0. The maximum absolute atomic E-state index is 9.76. The van der Waals surface area contributed by atoms with Gasteiger partial charge in [0.2, 0.25) is 0 Å². The van der Waals surface area contributed by atoms with E-state index in [0.29, 0.717) is 6.42 Å². The van der Waals surface area contributed by atoms with E-state index in [0.717, 1.165) is 0 Å². The number of rotatable bonds is 8. The fourth-order valence-corrected chi connectivity index (χ4v) is 1.30. The molecule has 0 aromatic rings. The molecule has 2 unspecified atom stereocenters. The Balaban J connectivity index is -0.000000264. The predicted molar refractivity (Wildman–Crippen MR) is 95.4 cm³/mol. The fraction of sp³-hybridized carbons (Fsp3) is 0.857. The van der Waals surface area contributed by atoms with Crippen LogP contribution in [0.3, 0.4) is 0 Å². The number of carboxylic acids is 2. The van der Waals surface area contributed by atoms with Crippen molar-refractivity contribution >= 4 is 37.2 Å². The van der Waals surface area contributed by atoms with Gasteiger partial charge in [-0.2, -0.15) is 25.3 Å². The molecule has 5 N–H and O–H groups in total. The number of carbonyl (C=O) groups is 2. The van der Waals surface area contributed by atoms with Gasteiger partial charge in [0.25, 0.3) is 0 Å². The topological polar surface area (TPSA) is 135 Å². The zero-order chi connectivity index (χ0) is 19.1. The monoisotopic (exact) mass is 374 g/mol. The average molecular weight is 375 g/mol. The van der Waals surface area contributed by atoms with E-state index in [-0.39, 0.29) is 43.2 Å². The van der Waals surface area contributed by atoms with E-state index < -0.39 is 17.4 Å². The molecule has 140 valence electrons. The second-order valence-corrected chi connectivity index (χ2v) is 6.98. The molecule has 0 aromatic carbocycles. The van der Waals surface area contributed by atoms with Gasteiger partial charge in [0.1, 0.15) is 0 Å². The van der Waals surface area contributed by atoms with Gasteiger partial charge in [0.05, 0.1) is 32.7 Å². The SMILES string of the molecule is CC(S)CC(=O)O.CC(S)CC(=O)O.CCC(CO)(CO)CO. The van der Waals surface area contributed by atoms with Crippen LogP contribution in [-0.2, 0) is 9.59 Å². The number of thiol groups is 2. The molecule has 0 heterocycles. The standard InChI is InChI=1S/C6H14O3.2C4H8O2S/c1-2-6(3-7,4-8)5-9;2*1-3(7)2-4(5)6/h7-9H,2-5H2,1H3;2*3,7H,2H2,1H3,(H,5,6). The van der Waals surface area contributed by atoms with E-state index in [2.05, 4.69) is 25.3 Å². The van der Waals surface area contributed by atoms with Crippen LogP contribution in [0, 0.1) is 5.41 Å². The van der Waals surface area contributed by atoms with Crippen molar-refractivity contribution < 1.29 is 35.1 Å². The first kappa shape index (κ1) is 27.4. The van der Waals surface area contributed by atoms with E-state index in [1.54, 1.807) is 13.8 Å². The minimum atomic E-state index is -0.789. The molecule has 0 aliphatic rings. The first-order chi connectivity index (χ1) is 10.5. The van der Waals surface area contributed by atoms with Crippen molar-refractivity contribution in [1.29, 1.82) is 0 Å². The maximum atomic E-state index is 9.76. The number of aliphatic carboxylic acids is 2. The molecule has 0 radical (unpaired) electrons. The van der Waals surface area contributed by atoms with Crippen molar-refractivity contribution in [1.82, 2.24) is 0 Å². The van der Waals surface area contributed by atoms with Crippen LogP contribution in [-0.4, -0.2) is 67.8 Å². The number of hydrogen-bond acceptors (Lipinski definition) is 7. The van der Waals surface area contributed by atoms with Crippen LogP contribution in [0.1, 0.15) is 40.0 Å². The van der Waals surface area contributed by atoms with Gasteiger partial charge in [-0.1, -0.05) is 20.8 Å². The van der Waals surface area contributed by atoms with Crippen molar-refractivity contribution in [3.63, 3.8) is 0 Å². The van der Waals surface area contributed by atoms with Crippen LogP contribution in [0.4, 0.5) is 0 Å². The number of hydrogen-bond donors (Lipinski definition) is 7. The summed E-state index contributed by atoms with van der Waals surface area (Å²) in [5.74, 6) is -1.58. The summed E-state index contributed by atoms with van der Waals surface area (Å²) in [7, 11) is 0. The van der Waals surface area contributed by atoms with E-state index in [1.165, 1.54) is 0 Å². The highest BCUT2D eigenvalue weighted by atomic mass is 32.1. The first-order valence-corrected chi connectivity index (χ1v) is 8.15. The molecule has 0 spiro atoms. The second kappa shape index (κ2) is 16.4. The lowest BCUT2D eigenvalue weighted by Crippen LogP contribution is -2.32. The molecular weight excluding hydrogens is 344 g/mol. The molecule has 2 atom stereocenters. The lowest BCUT2D eigenvalue weighted by atomic mass is 9.88. The van der Waals surface area contributed by atoms with Gasteiger partial charge < -0.3 is 25.5 Å². The molecular formula is C14H30O7S2. The quantitative estimate of drug-likeness (QED) is 0.314. The van der Waals surface area contributed by atoms with Gasteiger partial charge in [-0.05, 0) is 6.42 Å². The molecule has 0 saturated heterocycles. The second-order valence-electron chi connectivity index (χ2n) is 5.22. The predicted octanol–water partition coefficient (Wildman–Crippen LogP) is 0.918. The molecule has 7 nitrogen and oxygen atoms in total. The van der Waals surface area contributed by atoms with Crippen molar-refractivity contribution in [2.24, 2.45) is 5.41 Å². The van der Waals surface area contributed by atoms with Gasteiger partial charge in [-0.25, -0.2) is 0 Å². The molecule has 9 heteroatoms. The third-order valence-corrected chi connectivity index (χ3v) is 3.06. The molecule has 0 fully saturated rings. The summed E-state index contributed by atoms with van der Waals surface area (Å²) in [6, 6.07) is 0. The number of aliphatic hydroxyl groups excluding tert-OH is 3. The van der Waals surface area contributed by atoms with Crippen molar-refractivity contribution in [3.8, 4) is 0 Å². The molecule has 0 aliphatic carbocycles. The van der Waals surface area contributed by atoms with Crippen LogP contribution < -0.4 is 0 Å². The highest BCUT2D eigenvalue weighted by molar-refractivity contribution is 7.81. The normalized spacial score (nSPS) is 12.9. The summed E-state index contributed by atoms with van der Waals surface area (Å²) in [5.41, 5.74) is -0.667. The van der Waals surface area contributed by atoms with E-state index >= 15 is 0 Å². The van der Waals surface area contributed by atoms with E-state index in [1.807, 2.05) is 6.92 Å². The Bertz CT molecular complexity index is 268. The molecule has 0 saturated carbocycles. The smallest absolute Gasteiger partial charge is 0.304 e. The lowest BCUT2D eigenvalue weighted by molar-refractivity contribution is -0.137. The molecule has 0 bridgehead atoms. The maximum Gasteiger partial charge on any atom is 0.304 e. The third kappa shape index (κ3) is 21.5. The zero-order valence-corrected chi connectivity index (χ0v) is 15.6. The van der Waals surface area contributed by atoms with Crippen LogP contribution in [0.15, 0.2) is 0 Å². The van der Waals surface area contributed by atoms with Gasteiger partial charge >= 0.3 is 11.9 Å². The number of aliphatic hydroxyl groups is 3. The van der Waals surface area contributed by atoms with Crippen LogP contribution >= 0.6 is 25.3 Å². The molecule has 0 aliphatic heterocycles. The summed E-state index contributed by atoms with van der Waals surface area (Å²) in [6.45, 7) is 4.85. The van der Waals surface area contributed by atoms with Gasteiger partial charge in [-0.3, -0.25) is 9.59 Å². The molecule has 0 rings (SSSR count). The van der Waals surface area contributed by atoms with Gasteiger partial charge in [0, 0.05) is 15.9 Å². The minimum absolute atomic E-state index is 0.0301. The Morgan fingerprint density at radius 1 is 0.870 bits per heavy atom. The van der Waals surface area contributed by atoms with Crippen molar-refractivity contribution in [2.45, 2.75) is 50.5 Å². The summed E-state index contributed by atoms with van der Waals surface area (Å²) in [4.78, 5) is 19.5. The lowest BCUT2D eigenvalue weighted by Gasteiger charge is -2.24. The molecule has 0 amide bonds. The summed E-state index contributed by atoms with van der Waals surface area (Å²) in [5, 5.41) is 42.0. The Morgan fingerprint density at radius 3 is 1.13 bits per heavy atom. The Kier molecular flexibility index (Phi) is 19.5. The van der Waals surface area contributed by atoms with E-state index in [4.69, 9.17) is 25.5 Å². The molecule has 0 aromatic heterocycles. The van der Waals surface area contributed by atoms with E-state index in [9.17, 15) is 9.59 Å². The number of carboxylic acid groups (broad SMARTS) is 2. The van der Waals surface area contributed by atoms with Crippen molar-refractivity contribution in [2.75, 3.05) is 19.8 Å². The van der Waals surface area contributed by atoms with Crippen LogP contribution in [0.2, 0.25) is 0 Å². The fourth-order valence-electron chi connectivity index (χ4n) is 0.991. The van der Waals surface area contributed by atoms with Gasteiger partial charge in [-0.15, -0.1) is 0 Å². The average Bonchev–Trinajstić information content (AvgIpc) is 2.40. The zero-order valence-electron chi connectivity index (χ0n) is 13.8. The Hall–Kier alpha value is -0.480.